The van der Waals surface area contributed by atoms with E-state index in [9.17, 15) is 14.4 Å². The second-order valence-electron chi connectivity index (χ2n) is 4.23. The zero-order chi connectivity index (χ0) is 15.1. The smallest absolute Gasteiger partial charge is 0.336 e. The molecule has 0 saturated heterocycles. The zero-order valence-electron chi connectivity index (χ0n) is 11.1. The van der Waals surface area contributed by atoms with Crippen LogP contribution in [0.3, 0.4) is 0 Å². The molecule has 0 spiro atoms. The molecule has 0 atom stereocenters. The van der Waals surface area contributed by atoms with Crippen molar-refractivity contribution in [1.82, 2.24) is 5.32 Å². The van der Waals surface area contributed by atoms with Crippen LogP contribution in [0.5, 0.6) is 0 Å². The SMILES string of the molecule is Cc1c(NC(=O)NCCCC(N)=O)cccc1C(=O)O. The maximum absolute atomic E-state index is 11.6. The van der Waals surface area contributed by atoms with E-state index in [1.165, 1.54) is 6.07 Å². The molecule has 0 heterocycles. The van der Waals surface area contributed by atoms with Crippen molar-refractivity contribution in [3.63, 3.8) is 0 Å². The van der Waals surface area contributed by atoms with Crippen molar-refractivity contribution in [2.75, 3.05) is 11.9 Å². The van der Waals surface area contributed by atoms with E-state index >= 15 is 0 Å². The van der Waals surface area contributed by atoms with Crippen LogP contribution in [0.2, 0.25) is 0 Å². The highest BCUT2D eigenvalue weighted by Crippen LogP contribution is 2.18. The number of rotatable bonds is 6. The van der Waals surface area contributed by atoms with Crippen molar-refractivity contribution in [3.05, 3.63) is 29.3 Å². The summed E-state index contributed by atoms with van der Waals surface area (Å²) in [6.45, 7) is 1.93. The van der Waals surface area contributed by atoms with Crippen molar-refractivity contribution in [1.29, 1.82) is 0 Å². The molecule has 3 amide bonds. The topological polar surface area (TPSA) is 122 Å². The molecule has 108 valence electrons. The predicted octanol–water partition coefficient (Wildman–Crippen LogP) is 1.08. The Hall–Kier alpha value is -2.57. The third-order valence-corrected chi connectivity index (χ3v) is 2.70. The molecular formula is C13H17N3O4. The fraction of sp³-hybridized carbons (Fsp3) is 0.308. The Bertz CT molecular complexity index is 528. The molecule has 0 aliphatic carbocycles. The number of aromatic carboxylic acids is 1. The molecule has 5 N–H and O–H groups in total. The number of urea groups is 1. The number of carbonyl (C=O) groups is 3. The van der Waals surface area contributed by atoms with E-state index in [0.717, 1.165) is 0 Å². The lowest BCUT2D eigenvalue weighted by Crippen LogP contribution is -2.30. The van der Waals surface area contributed by atoms with Crippen LogP contribution in [-0.2, 0) is 4.79 Å². The number of amides is 3. The Labute approximate surface area is 116 Å². The average Bonchev–Trinajstić information content (AvgIpc) is 2.36. The molecule has 0 fully saturated rings. The first kappa shape index (κ1) is 15.5. The van der Waals surface area contributed by atoms with Crippen LogP contribution >= 0.6 is 0 Å². The third-order valence-electron chi connectivity index (χ3n) is 2.70. The van der Waals surface area contributed by atoms with Crippen LogP contribution in [0.25, 0.3) is 0 Å². The van der Waals surface area contributed by atoms with Crippen molar-refractivity contribution in [2.45, 2.75) is 19.8 Å². The predicted molar refractivity (Wildman–Crippen MR) is 73.6 cm³/mol. The van der Waals surface area contributed by atoms with Crippen LogP contribution in [0.15, 0.2) is 18.2 Å². The molecule has 7 nitrogen and oxygen atoms in total. The minimum absolute atomic E-state index is 0.136. The Morgan fingerprint density at radius 1 is 1.30 bits per heavy atom. The van der Waals surface area contributed by atoms with E-state index in [2.05, 4.69) is 10.6 Å². The lowest BCUT2D eigenvalue weighted by atomic mass is 10.1. The summed E-state index contributed by atoms with van der Waals surface area (Å²) in [6.07, 6.45) is 0.657. The molecule has 0 radical (unpaired) electrons. The minimum Gasteiger partial charge on any atom is -0.478 e. The molecule has 20 heavy (non-hydrogen) atoms. The van der Waals surface area contributed by atoms with Gasteiger partial charge < -0.3 is 21.5 Å². The molecule has 1 rings (SSSR count). The number of nitrogens with two attached hydrogens (primary N) is 1. The Morgan fingerprint density at radius 2 is 2.00 bits per heavy atom. The molecule has 0 unspecified atom stereocenters. The maximum Gasteiger partial charge on any atom is 0.336 e. The van der Waals surface area contributed by atoms with Crippen molar-refractivity contribution in [2.24, 2.45) is 5.73 Å². The number of hydrogen-bond donors (Lipinski definition) is 4. The van der Waals surface area contributed by atoms with Crippen LogP contribution in [-0.4, -0.2) is 29.6 Å². The molecular weight excluding hydrogens is 262 g/mol. The van der Waals surface area contributed by atoms with Gasteiger partial charge in [0.25, 0.3) is 0 Å². The third kappa shape index (κ3) is 4.60. The molecule has 1 aromatic rings. The van der Waals surface area contributed by atoms with Gasteiger partial charge in [0.15, 0.2) is 0 Å². The van der Waals surface area contributed by atoms with Gasteiger partial charge in [0.1, 0.15) is 0 Å². The van der Waals surface area contributed by atoms with Gasteiger partial charge in [-0.15, -0.1) is 0 Å². The summed E-state index contributed by atoms with van der Waals surface area (Å²) in [4.78, 5) is 33.1. The number of carbonyl (C=O) groups excluding carboxylic acids is 2. The molecule has 7 heteroatoms. The molecule has 0 bridgehead atoms. The van der Waals surface area contributed by atoms with Gasteiger partial charge in [0.2, 0.25) is 5.91 Å². The fourth-order valence-corrected chi connectivity index (χ4v) is 1.63. The molecule has 0 aromatic heterocycles. The monoisotopic (exact) mass is 279 g/mol. The normalized spacial score (nSPS) is 9.85. The Morgan fingerprint density at radius 3 is 2.60 bits per heavy atom. The van der Waals surface area contributed by atoms with E-state index in [0.29, 0.717) is 24.2 Å². The highest BCUT2D eigenvalue weighted by atomic mass is 16.4. The number of carboxylic acids is 1. The summed E-state index contributed by atoms with van der Waals surface area (Å²) in [5.41, 5.74) is 6.02. The Balaban J connectivity index is 2.56. The van der Waals surface area contributed by atoms with Gasteiger partial charge in [-0.2, -0.15) is 0 Å². The van der Waals surface area contributed by atoms with E-state index < -0.39 is 17.9 Å². The summed E-state index contributed by atoms with van der Waals surface area (Å²) in [6, 6.07) is 4.18. The van der Waals surface area contributed by atoms with Crippen molar-refractivity contribution < 1.29 is 19.5 Å². The van der Waals surface area contributed by atoms with E-state index in [-0.39, 0.29) is 12.0 Å². The number of primary amides is 1. The number of nitrogens with one attached hydrogen (secondary N) is 2. The van der Waals surface area contributed by atoms with Gasteiger partial charge in [0, 0.05) is 18.7 Å². The van der Waals surface area contributed by atoms with Crippen LogP contribution in [0, 0.1) is 6.92 Å². The summed E-state index contributed by atoms with van der Waals surface area (Å²) >= 11 is 0. The molecule has 0 aliphatic heterocycles. The van der Waals surface area contributed by atoms with E-state index in [4.69, 9.17) is 10.8 Å². The summed E-state index contributed by atoms with van der Waals surface area (Å²) in [5.74, 6) is -1.47. The second-order valence-corrected chi connectivity index (χ2v) is 4.23. The first-order valence-electron chi connectivity index (χ1n) is 6.08. The van der Waals surface area contributed by atoms with Crippen LogP contribution in [0.4, 0.5) is 10.5 Å². The second kappa shape index (κ2) is 7.13. The summed E-state index contributed by atoms with van der Waals surface area (Å²) in [7, 11) is 0. The van der Waals surface area contributed by atoms with Crippen LogP contribution in [0.1, 0.15) is 28.8 Å². The van der Waals surface area contributed by atoms with Gasteiger partial charge in [-0.25, -0.2) is 9.59 Å². The molecule has 0 saturated carbocycles. The number of carboxylic acid groups (broad SMARTS) is 1. The number of benzene rings is 1. The summed E-state index contributed by atoms with van der Waals surface area (Å²) in [5, 5.41) is 14.1. The lowest BCUT2D eigenvalue weighted by Gasteiger charge is -2.11. The number of anilines is 1. The van der Waals surface area contributed by atoms with Crippen molar-refractivity contribution >= 4 is 23.6 Å². The van der Waals surface area contributed by atoms with Gasteiger partial charge in [0.05, 0.1) is 5.56 Å². The van der Waals surface area contributed by atoms with Crippen LogP contribution < -0.4 is 16.4 Å². The van der Waals surface area contributed by atoms with Gasteiger partial charge >= 0.3 is 12.0 Å². The first-order valence-corrected chi connectivity index (χ1v) is 6.08. The van der Waals surface area contributed by atoms with Gasteiger partial charge in [-0.05, 0) is 31.0 Å². The standard InChI is InChI=1S/C13H17N3O4/c1-8-9(12(18)19)4-2-5-10(8)16-13(20)15-7-3-6-11(14)17/h2,4-5H,3,6-7H2,1H3,(H2,14,17)(H,18,19)(H2,15,16,20). The number of hydrogen-bond acceptors (Lipinski definition) is 3. The highest BCUT2D eigenvalue weighted by Gasteiger charge is 2.11. The quantitative estimate of drug-likeness (QED) is 0.582. The Kier molecular flexibility index (Phi) is 5.52. The average molecular weight is 279 g/mol. The fourth-order valence-electron chi connectivity index (χ4n) is 1.63. The molecule has 0 aliphatic rings. The van der Waals surface area contributed by atoms with Crippen molar-refractivity contribution in [3.8, 4) is 0 Å². The van der Waals surface area contributed by atoms with Gasteiger partial charge in [-0.1, -0.05) is 6.07 Å². The summed E-state index contributed by atoms with van der Waals surface area (Å²) < 4.78 is 0. The maximum atomic E-state index is 11.6. The molecule has 1 aromatic carbocycles. The highest BCUT2D eigenvalue weighted by molar-refractivity contribution is 5.95. The largest absolute Gasteiger partial charge is 0.478 e. The lowest BCUT2D eigenvalue weighted by molar-refractivity contribution is -0.118. The van der Waals surface area contributed by atoms with Gasteiger partial charge in [-0.3, -0.25) is 4.79 Å². The first-order chi connectivity index (χ1) is 9.41. The minimum atomic E-state index is -1.05. The van der Waals surface area contributed by atoms with E-state index in [1.54, 1.807) is 19.1 Å². The van der Waals surface area contributed by atoms with E-state index in [1.807, 2.05) is 0 Å². The zero-order valence-corrected chi connectivity index (χ0v) is 11.1.